The van der Waals surface area contributed by atoms with E-state index in [-0.39, 0.29) is 5.78 Å². The molecule has 0 aliphatic carbocycles. The topological polar surface area (TPSA) is 29.5 Å². The molecule has 2 aliphatic heterocycles. The quantitative estimate of drug-likeness (QED) is 0.726. The molecule has 0 radical (unpaired) electrons. The van der Waals surface area contributed by atoms with Crippen molar-refractivity contribution < 1.29 is 9.53 Å². The van der Waals surface area contributed by atoms with Gasteiger partial charge in [-0.3, -0.25) is 4.79 Å². The lowest BCUT2D eigenvalue weighted by atomic mass is 9.97. The number of aryl methyl sites for hydroxylation is 1. The molecule has 1 fully saturated rings. The Labute approximate surface area is 159 Å². The number of thioether (sulfide) groups is 1. The molecule has 1 atom stereocenters. The van der Waals surface area contributed by atoms with Gasteiger partial charge in [-0.2, -0.15) is 0 Å². The number of fused-ring (bicyclic) bond motifs is 1. The third kappa shape index (κ3) is 3.97. The summed E-state index contributed by atoms with van der Waals surface area (Å²) in [5, 5.41) is 0. The minimum absolute atomic E-state index is 0.234. The van der Waals surface area contributed by atoms with Crippen LogP contribution in [0.4, 0.5) is 0 Å². The lowest BCUT2D eigenvalue weighted by Crippen LogP contribution is -2.23. The van der Waals surface area contributed by atoms with Gasteiger partial charge in [0.05, 0.1) is 11.5 Å². The molecule has 4 heteroatoms. The van der Waals surface area contributed by atoms with Gasteiger partial charge >= 0.3 is 0 Å². The van der Waals surface area contributed by atoms with Crippen molar-refractivity contribution in [3.05, 3.63) is 59.2 Å². The lowest BCUT2D eigenvalue weighted by molar-refractivity contribution is 0.0968. The average molecular weight is 368 g/mol. The van der Waals surface area contributed by atoms with Gasteiger partial charge in [-0.25, -0.2) is 0 Å². The maximum atomic E-state index is 12.6. The first-order chi connectivity index (χ1) is 12.7. The number of hydrogen-bond donors (Lipinski definition) is 0. The predicted molar refractivity (Wildman–Crippen MR) is 107 cm³/mol. The second kappa shape index (κ2) is 7.85. The Morgan fingerprint density at radius 1 is 1.27 bits per heavy atom. The van der Waals surface area contributed by atoms with Gasteiger partial charge in [0.2, 0.25) is 0 Å². The minimum Gasteiger partial charge on any atom is -0.492 e. The number of ether oxygens (including phenoxy) is 1. The van der Waals surface area contributed by atoms with Crippen LogP contribution in [0.2, 0.25) is 0 Å². The molecular formula is C22H25NO2S. The highest BCUT2D eigenvalue weighted by Crippen LogP contribution is 2.34. The maximum absolute atomic E-state index is 12.6. The molecule has 0 aromatic heterocycles. The van der Waals surface area contributed by atoms with Gasteiger partial charge in [-0.1, -0.05) is 29.8 Å². The summed E-state index contributed by atoms with van der Waals surface area (Å²) in [6.45, 7) is 5.89. The van der Waals surface area contributed by atoms with E-state index in [0.29, 0.717) is 12.3 Å². The molecule has 3 nitrogen and oxygen atoms in total. The van der Waals surface area contributed by atoms with Crippen molar-refractivity contribution in [2.75, 3.05) is 32.0 Å². The molecular weight excluding hydrogens is 342 g/mol. The van der Waals surface area contributed by atoms with Crippen LogP contribution >= 0.6 is 11.8 Å². The lowest BCUT2D eigenvalue weighted by Gasteiger charge is -2.18. The van der Waals surface area contributed by atoms with Crippen LogP contribution in [0.15, 0.2) is 47.4 Å². The molecule has 0 spiro atoms. The first-order valence-corrected chi connectivity index (χ1v) is 10.4. The van der Waals surface area contributed by atoms with Crippen molar-refractivity contribution in [2.45, 2.75) is 30.6 Å². The molecule has 0 amide bonds. The van der Waals surface area contributed by atoms with E-state index >= 15 is 0 Å². The molecule has 2 aromatic rings. The van der Waals surface area contributed by atoms with Crippen LogP contribution in [-0.4, -0.2) is 42.7 Å². The zero-order chi connectivity index (χ0) is 17.9. The molecule has 0 bridgehead atoms. The Morgan fingerprint density at radius 3 is 3.08 bits per heavy atom. The monoisotopic (exact) mass is 367 g/mol. The zero-order valence-electron chi connectivity index (χ0n) is 15.2. The van der Waals surface area contributed by atoms with E-state index in [2.05, 4.69) is 36.1 Å². The Balaban J connectivity index is 1.32. The molecule has 26 heavy (non-hydrogen) atoms. The summed E-state index contributed by atoms with van der Waals surface area (Å²) >= 11 is 1.78. The number of Topliss-reactive ketones (excluding diaryl/α,β-unsaturated/α-hetero) is 1. The Hall–Kier alpha value is -1.78. The third-order valence-electron chi connectivity index (χ3n) is 5.31. The molecule has 1 saturated heterocycles. The summed E-state index contributed by atoms with van der Waals surface area (Å²) in [5.41, 5.74) is 3.58. The largest absolute Gasteiger partial charge is 0.492 e. The van der Waals surface area contributed by atoms with Crippen LogP contribution in [0.5, 0.6) is 5.75 Å². The Kier molecular flexibility index (Phi) is 5.32. The number of carbonyl (C=O) groups excluding carboxylic acids is 1. The van der Waals surface area contributed by atoms with Gasteiger partial charge in [0.15, 0.2) is 5.78 Å². The maximum Gasteiger partial charge on any atom is 0.164 e. The molecule has 136 valence electrons. The summed E-state index contributed by atoms with van der Waals surface area (Å²) in [6, 6.07) is 14.7. The van der Waals surface area contributed by atoms with E-state index in [1.165, 1.54) is 17.5 Å². The first kappa shape index (κ1) is 17.6. The van der Waals surface area contributed by atoms with Crippen LogP contribution in [0, 0.1) is 6.92 Å². The second-order valence-electron chi connectivity index (χ2n) is 7.23. The van der Waals surface area contributed by atoms with Crippen molar-refractivity contribution in [3.8, 4) is 5.75 Å². The summed E-state index contributed by atoms with van der Waals surface area (Å²) in [4.78, 5) is 16.1. The number of carbonyl (C=O) groups is 1. The number of rotatable bonds is 5. The van der Waals surface area contributed by atoms with Gasteiger partial charge in [0, 0.05) is 30.8 Å². The molecule has 0 N–H and O–H groups in total. The van der Waals surface area contributed by atoms with E-state index in [9.17, 15) is 4.79 Å². The van der Waals surface area contributed by atoms with Gasteiger partial charge in [-0.05, 0) is 49.6 Å². The summed E-state index contributed by atoms with van der Waals surface area (Å²) in [7, 11) is 0. The average Bonchev–Trinajstić information content (AvgIpc) is 3.15. The molecule has 1 unspecified atom stereocenters. The highest BCUT2D eigenvalue weighted by molar-refractivity contribution is 7.99. The van der Waals surface area contributed by atoms with Crippen LogP contribution in [-0.2, 0) is 0 Å². The first-order valence-electron chi connectivity index (χ1n) is 9.41. The highest BCUT2D eigenvalue weighted by Gasteiger charge is 2.24. The highest BCUT2D eigenvalue weighted by atomic mass is 32.2. The minimum atomic E-state index is 0.234. The number of hydrogen-bond acceptors (Lipinski definition) is 4. The fraction of sp³-hybridized carbons (Fsp3) is 0.409. The van der Waals surface area contributed by atoms with Gasteiger partial charge in [0.1, 0.15) is 5.75 Å². The van der Waals surface area contributed by atoms with Gasteiger partial charge in [-0.15, -0.1) is 11.8 Å². The normalized spacial score (nSPS) is 19.8. The van der Waals surface area contributed by atoms with Gasteiger partial charge in [0.25, 0.3) is 0 Å². The van der Waals surface area contributed by atoms with E-state index in [0.717, 1.165) is 48.2 Å². The van der Waals surface area contributed by atoms with E-state index in [4.69, 9.17) is 4.74 Å². The molecule has 2 aromatic carbocycles. The molecule has 2 heterocycles. The fourth-order valence-electron chi connectivity index (χ4n) is 3.85. The van der Waals surface area contributed by atoms with Crippen molar-refractivity contribution in [2.24, 2.45) is 0 Å². The SMILES string of the molecule is Cc1cccc(C2CCN(CCC(=O)c3ccc4c(c3)SCCO4)C2)c1. The number of benzene rings is 2. The number of ketones is 1. The van der Waals surface area contributed by atoms with Crippen molar-refractivity contribution in [3.63, 3.8) is 0 Å². The smallest absolute Gasteiger partial charge is 0.164 e. The van der Waals surface area contributed by atoms with Crippen molar-refractivity contribution in [1.82, 2.24) is 4.90 Å². The standard InChI is InChI=1S/C22H25NO2S/c1-16-3-2-4-17(13-16)19-7-9-23(15-19)10-8-20(24)18-5-6-21-22(14-18)26-12-11-25-21/h2-6,13-14,19H,7-12,15H2,1H3. The third-order valence-corrected chi connectivity index (χ3v) is 6.31. The Bertz CT molecular complexity index is 804. The van der Waals surface area contributed by atoms with Crippen LogP contribution in [0.25, 0.3) is 0 Å². The summed E-state index contributed by atoms with van der Waals surface area (Å²) in [6.07, 6.45) is 1.77. The Morgan fingerprint density at radius 2 is 2.19 bits per heavy atom. The molecule has 2 aliphatic rings. The number of nitrogens with zero attached hydrogens (tertiary/aromatic N) is 1. The zero-order valence-corrected chi connectivity index (χ0v) is 16.1. The van der Waals surface area contributed by atoms with Crippen molar-refractivity contribution in [1.29, 1.82) is 0 Å². The van der Waals surface area contributed by atoms with Crippen LogP contribution < -0.4 is 4.74 Å². The molecule has 4 rings (SSSR count). The van der Waals surface area contributed by atoms with E-state index in [1.54, 1.807) is 11.8 Å². The second-order valence-corrected chi connectivity index (χ2v) is 8.37. The van der Waals surface area contributed by atoms with E-state index < -0.39 is 0 Å². The summed E-state index contributed by atoms with van der Waals surface area (Å²) < 4.78 is 5.62. The van der Waals surface area contributed by atoms with Crippen molar-refractivity contribution >= 4 is 17.5 Å². The number of likely N-dealkylation sites (tertiary alicyclic amines) is 1. The van der Waals surface area contributed by atoms with Gasteiger partial charge < -0.3 is 9.64 Å². The van der Waals surface area contributed by atoms with Crippen LogP contribution in [0.3, 0.4) is 0 Å². The predicted octanol–water partition coefficient (Wildman–Crippen LogP) is 4.54. The van der Waals surface area contributed by atoms with Crippen LogP contribution in [0.1, 0.15) is 40.2 Å². The van der Waals surface area contributed by atoms with E-state index in [1.807, 2.05) is 18.2 Å². The fourth-order valence-corrected chi connectivity index (χ4v) is 4.72. The molecule has 0 saturated carbocycles. The summed E-state index contributed by atoms with van der Waals surface area (Å²) in [5.74, 6) is 2.71.